The number of rotatable bonds is 0. The number of alkyl halides is 30. The molecule has 0 aromatic rings. The van der Waals surface area contributed by atoms with Crippen LogP contribution in [0.15, 0.2) is 0 Å². The summed E-state index contributed by atoms with van der Waals surface area (Å²) >= 11 is 145. The monoisotopic (exact) mass is 1220 g/mol. The van der Waals surface area contributed by atoms with Crippen LogP contribution < -0.4 is 0 Å². The Labute approximate surface area is 401 Å². The van der Waals surface area contributed by atoms with Crippen LogP contribution in [-0.2, 0) is 0 Å². The van der Waals surface area contributed by atoms with Gasteiger partial charge < -0.3 is 0 Å². The lowest BCUT2D eigenvalue weighted by Gasteiger charge is -2.00. The molecule has 0 bridgehead atoms. The molecule has 0 spiro atoms. The van der Waals surface area contributed by atoms with Gasteiger partial charge in [0.05, 0.1) is 12.5 Å². The van der Waals surface area contributed by atoms with E-state index >= 15 is 0 Å². The topological polar surface area (TPSA) is 23.8 Å². The molecule has 0 amide bonds. The maximum absolute atomic E-state index is 7.90. The highest BCUT2D eigenvalue weighted by molar-refractivity contribution is 6.68. The first kappa shape index (κ1) is 76.0. The summed E-state index contributed by atoms with van der Waals surface area (Å²) in [6.07, 6.45) is -0.0579. The molecule has 0 saturated carbocycles. The second kappa shape index (κ2) is 65.1. The molecule has 0 rings (SSSR count). The van der Waals surface area contributed by atoms with Crippen LogP contribution in [0.25, 0.3) is 0 Å². The van der Waals surface area contributed by atoms with Gasteiger partial charge in [0.25, 0.3) is 0 Å². The minimum Gasteiger partial charge on any atom is -0.198 e. The third-order valence-electron chi connectivity index (χ3n) is 0.280. The van der Waals surface area contributed by atoms with Gasteiger partial charge in [-0.3, -0.25) is 0 Å². The summed E-state index contributed by atoms with van der Waals surface area (Å²) in [5, 5.41) is 7.90. The van der Waals surface area contributed by atoms with Crippen LogP contribution in [0.1, 0.15) is 6.42 Å². The molecule has 0 aliphatic rings. The highest BCUT2D eigenvalue weighted by atomic mass is 35.6. The van der Waals surface area contributed by atoms with E-state index < -0.39 is 42.5 Å². The van der Waals surface area contributed by atoms with Crippen LogP contribution in [0, 0.1) is 11.3 Å². The van der Waals surface area contributed by atoms with Crippen molar-refractivity contribution in [1.29, 1.82) is 5.26 Å². The third kappa shape index (κ3) is 784. The lowest BCUT2D eigenvalue weighted by molar-refractivity contribution is 1.08. The normalized spacial score (nSPS) is 9.26. The molecule has 0 saturated heterocycles. The maximum atomic E-state index is 7.90. The van der Waals surface area contributed by atoms with Crippen LogP contribution in [0.2, 0.25) is 0 Å². The van der Waals surface area contributed by atoms with Crippen LogP contribution in [0.4, 0.5) is 0 Å². The molecule has 0 aliphatic carbocycles. The number of hydrogen-bond acceptors (Lipinski definition) is 1. The first-order valence-corrected chi connectivity index (χ1v) is 20.3. The van der Waals surface area contributed by atoms with Gasteiger partial charge in [-0.2, -0.15) is 5.26 Å². The summed E-state index contributed by atoms with van der Waals surface area (Å²) in [6, 6.07) is 1.71. The molecule has 31 heteroatoms. The minimum absolute atomic E-state index is 0.0579. The van der Waals surface area contributed by atoms with E-state index in [0.29, 0.717) is 0 Å². The van der Waals surface area contributed by atoms with Crippen LogP contribution >= 0.6 is 348 Å². The number of halogens is 30. The quantitative estimate of drug-likeness (QED) is 0.222. The average Bonchev–Trinajstić information content (AvgIpc) is 2.55. The van der Waals surface area contributed by atoms with Crippen molar-refractivity contribution in [2.24, 2.45) is 0 Å². The Morgan fingerprint density at radius 2 is 0.372 bits per heavy atom. The zero-order valence-electron chi connectivity index (χ0n) is 18.7. The predicted molar refractivity (Wildman–Crippen MR) is 223 cm³/mol. The van der Waals surface area contributed by atoms with Gasteiger partial charge in [-0.25, -0.2) is 0 Å². The van der Waals surface area contributed by atoms with E-state index in [1.807, 2.05) is 0 Å². The van der Waals surface area contributed by atoms with Crippen LogP contribution in [-0.4, -0.2) is 42.5 Å². The van der Waals surface area contributed by atoms with E-state index in [9.17, 15) is 0 Å². The lowest BCUT2D eigenvalue weighted by atomic mass is 10.5. The van der Waals surface area contributed by atoms with Crippen molar-refractivity contribution in [3.63, 3.8) is 0 Å². The van der Waals surface area contributed by atoms with Crippen molar-refractivity contribution < 1.29 is 0 Å². The summed E-state index contributed by atoms with van der Waals surface area (Å²) in [5.41, 5.74) is 0. The third-order valence-corrected chi connectivity index (χ3v) is 0.680. The standard InChI is InChI=1S/C3H2Cl3N.9CHCl3/c4-3(5,6)1-2-7;9*2-1(3)4/h1H2;9*1H. The van der Waals surface area contributed by atoms with Gasteiger partial charge in [-0.1, -0.05) is 348 Å². The first-order chi connectivity index (χ1) is 18.6. The van der Waals surface area contributed by atoms with E-state index in [1.54, 1.807) is 6.07 Å². The summed E-state index contributed by atoms with van der Waals surface area (Å²) < 4.78 is -8.14. The largest absolute Gasteiger partial charge is 0.203 e. The second-order valence-electron chi connectivity index (χ2n) is 3.18. The smallest absolute Gasteiger partial charge is 0.198 e. The van der Waals surface area contributed by atoms with Gasteiger partial charge in [0.2, 0.25) is 3.79 Å². The Balaban J connectivity index is -0.0000000354. The predicted octanol–water partition coefficient (Wildman–Crippen LogP) is 20.1. The van der Waals surface area contributed by atoms with Crippen molar-refractivity contribution in [1.82, 2.24) is 0 Å². The fourth-order valence-corrected chi connectivity index (χ4v) is 0.269. The second-order valence-corrected chi connectivity index (χ2v) is 23.5. The summed E-state index contributed by atoms with van der Waals surface area (Å²) in [6.45, 7) is 0. The number of hydrogen-bond donors (Lipinski definition) is 0. The summed E-state index contributed by atoms with van der Waals surface area (Å²) in [7, 11) is 0. The SMILES string of the molecule is ClC(Cl)Cl.ClC(Cl)Cl.ClC(Cl)Cl.ClC(Cl)Cl.ClC(Cl)Cl.ClC(Cl)Cl.ClC(Cl)Cl.ClC(Cl)Cl.ClC(Cl)Cl.N#CCC(Cl)(Cl)Cl. The van der Waals surface area contributed by atoms with Crippen molar-refractivity contribution in [2.45, 2.75) is 48.9 Å². The van der Waals surface area contributed by atoms with Crippen LogP contribution in [0.5, 0.6) is 0 Å². The van der Waals surface area contributed by atoms with Crippen molar-refractivity contribution >= 4 is 348 Å². The fraction of sp³-hybridized carbons (Fsp3) is 0.917. The van der Waals surface area contributed by atoms with Crippen molar-refractivity contribution in [3.05, 3.63) is 0 Å². The Kier molecular flexibility index (Phi) is 115. The summed E-state index contributed by atoms with van der Waals surface area (Å²) in [4.78, 5) is 0. The lowest BCUT2D eigenvalue weighted by Crippen LogP contribution is -1.97. The number of nitrogens with zero attached hydrogens (tertiary/aromatic N) is 1. The molecule has 0 radical (unpaired) electrons. The Morgan fingerprint density at radius 3 is 0.372 bits per heavy atom. The fourth-order valence-electron chi connectivity index (χ4n) is 0.0896. The molecule has 0 aliphatic heterocycles. The first-order valence-electron chi connectivity index (χ1n) is 7.39. The molecular weight excluding hydrogens is 1220 g/mol. The van der Waals surface area contributed by atoms with E-state index in [0.717, 1.165) is 0 Å². The molecule has 0 atom stereocenters. The highest BCUT2D eigenvalue weighted by Gasteiger charge is 2.17. The van der Waals surface area contributed by atoms with Gasteiger partial charge in [-0.15, -0.1) is 0 Å². The molecular formula is C12H11Cl30N. The zero-order chi connectivity index (χ0) is 38.1. The van der Waals surface area contributed by atoms with E-state index in [1.165, 1.54) is 0 Å². The highest BCUT2D eigenvalue weighted by Crippen LogP contribution is 2.28. The molecule has 0 N–H and O–H groups in total. The van der Waals surface area contributed by atoms with Gasteiger partial charge in [-0.05, 0) is 0 Å². The van der Waals surface area contributed by atoms with Gasteiger partial charge >= 0.3 is 0 Å². The van der Waals surface area contributed by atoms with Gasteiger partial charge in [0, 0.05) is 0 Å². The van der Waals surface area contributed by atoms with Crippen molar-refractivity contribution in [2.75, 3.05) is 0 Å². The van der Waals surface area contributed by atoms with Gasteiger partial charge in [0.15, 0.2) is 38.7 Å². The molecule has 274 valence electrons. The zero-order valence-corrected chi connectivity index (χ0v) is 41.4. The van der Waals surface area contributed by atoms with E-state index in [-0.39, 0.29) is 6.42 Å². The molecule has 43 heavy (non-hydrogen) atoms. The van der Waals surface area contributed by atoms with E-state index in [2.05, 4.69) is 0 Å². The molecule has 1 nitrogen and oxygen atoms in total. The molecule has 0 fully saturated rings. The van der Waals surface area contributed by atoms with E-state index in [4.69, 9.17) is 353 Å². The summed E-state index contributed by atoms with van der Waals surface area (Å²) in [5.74, 6) is 0. The Morgan fingerprint density at radius 1 is 0.302 bits per heavy atom. The number of nitriles is 1. The Hall–Kier alpha value is 8.19. The molecule has 0 heterocycles. The molecule has 0 aromatic carbocycles. The van der Waals surface area contributed by atoms with Crippen molar-refractivity contribution in [3.8, 4) is 6.07 Å². The van der Waals surface area contributed by atoms with Gasteiger partial charge in [0.1, 0.15) is 0 Å². The Bertz CT molecular complexity index is 321. The maximum Gasteiger partial charge on any atom is 0.203 e. The van der Waals surface area contributed by atoms with Crippen LogP contribution in [0.3, 0.4) is 0 Å². The molecule has 0 unspecified atom stereocenters. The molecule has 0 aromatic heterocycles. The average molecular weight is 1230 g/mol. The minimum atomic E-state index is -1.39.